The second-order valence-electron chi connectivity index (χ2n) is 14.4. The number of aromatic nitrogens is 2. The lowest BCUT2D eigenvalue weighted by Crippen LogP contribution is -2.10. The van der Waals surface area contributed by atoms with Crippen molar-refractivity contribution in [2.75, 3.05) is 4.90 Å². The third-order valence-corrected chi connectivity index (χ3v) is 11.0. The fourth-order valence-corrected chi connectivity index (χ4v) is 8.33. The molecule has 268 valence electrons. The van der Waals surface area contributed by atoms with E-state index < -0.39 is 0 Å². The van der Waals surface area contributed by atoms with Crippen LogP contribution in [0.4, 0.5) is 17.1 Å². The topological polar surface area (TPSA) is 34.2 Å². The quantitative estimate of drug-likeness (QED) is 0.164. The van der Waals surface area contributed by atoms with Crippen molar-refractivity contribution < 1.29 is 4.42 Å². The molecule has 0 bridgehead atoms. The van der Waals surface area contributed by atoms with Crippen LogP contribution >= 0.6 is 0 Å². The summed E-state index contributed by atoms with van der Waals surface area (Å²) in [5.41, 5.74) is 14.0. The molecule has 0 spiro atoms. The van der Waals surface area contributed by atoms with Crippen LogP contribution in [-0.4, -0.2) is 9.55 Å². The Bertz CT molecular complexity index is 3200. The van der Waals surface area contributed by atoms with Crippen molar-refractivity contribution in [2.45, 2.75) is 0 Å². The molecule has 0 aliphatic rings. The van der Waals surface area contributed by atoms with Gasteiger partial charge in [0.2, 0.25) is 5.89 Å². The maximum atomic E-state index is 6.30. The maximum Gasteiger partial charge on any atom is 0.227 e. The Balaban J connectivity index is 1.05. The highest BCUT2D eigenvalue weighted by atomic mass is 16.3. The molecular weight excluding hydrogens is 695 g/mol. The molecule has 0 amide bonds. The number of fused-ring (bicyclic) bond motifs is 6. The van der Waals surface area contributed by atoms with Crippen molar-refractivity contribution >= 4 is 60.7 Å². The predicted octanol–water partition coefficient (Wildman–Crippen LogP) is 14.5. The van der Waals surface area contributed by atoms with Gasteiger partial charge in [0, 0.05) is 44.5 Å². The molecular formula is C53H35N3O. The molecule has 9 aromatic carbocycles. The average molecular weight is 730 g/mol. The van der Waals surface area contributed by atoms with Gasteiger partial charge in [-0.1, -0.05) is 133 Å². The summed E-state index contributed by atoms with van der Waals surface area (Å²) < 4.78 is 8.66. The van der Waals surface area contributed by atoms with Crippen LogP contribution in [0.3, 0.4) is 0 Å². The van der Waals surface area contributed by atoms with E-state index in [4.69, 9.17) is 9.40 Å². The molecule has 57 heavy (non-hydrogen) atoms. The van der Waals surface area contributed by atoms with E-state index in [2.05, 4.69) is 185 Å². The Kier molecular flexibility index (Phi) is 7.78. The van der Waals surface area contributed by atoms with Crippen LogP contribution < -0.4 is 4.90 Å². The molecule has 11 rings (SSSR count). The van der Waals surface area contributed by atoms with Crippen LogP contribution in [0.15, 0.2) is 217 Å². The molecule has 0 saturated carbocycles. The molecule has 0 atom stereocenters. The number of oxazole rings is 1. The zero-order valence-corrected chi connectivity index (χ0v) is 31.0. The van der Waals surface area contributed by atoms with Crippen molar-refractivity contribution in [3.05, 3.63) is 212 Å². The summed E-state index contributed by atoms with van der Waals surface area (Å²) in [6.07, 6.45) is 0. The van der Waals surface area contributed by atoms with E-state index in [1.54, 1.807) is 0 Å². The Hall–Kier alpha value is -7.69. The van der Waals surface area contributed by atoms with E-state index in [-0.39, 0.29) is 0 Å². The number of hydrogen-bond donors (Lipinski definition) is 0. The van der Waals surface area contributed by atoms with Gasteiger partial charge in [-0.05, 0) is 107 Å². The number of para-hydroxylation sites is 2. The van der Waals surface area contributed by atoms with Gasteiger partial charge in [0.25, 0.3) is 0 Å². The van der Waals surface area contributed by atoms with E-state index in [1.807, 2.05) is 36.4 Å². The Morgan fingerprint density at radius 2 is 1.02 bits per heavy atom. The molecule has 0 unspecified atom stereocenters. The summed E-state index contributed by atoms with van der Waals surface area (Å²) in [7, 11) is 0. The highest BCUT2D eigenvalue weighted by molar-refractivity contribution is 6.12. The van der Waals surface area contributed by atoms with Crippen LogP contribution in [0.2, 0.25) is 0 Å². The third-order valence-electron chi connectivity index (χ3n) is 11.0. The van der Waals surface area contributed by atoms with Gasteiger partial charge >= 0.3 is 0 Å². The Labute approximate surface area is 330 Å². The number of anilines is 3. The summed E-state index contributed by atoms with van der Waals surface area (Å²) in [6.45, 7) is 0. The van der Waals surface area contributed by atoms with Crippen LogP contribution in [0.25, 0.3) is 83.1 Å². The second kappa shape index (κ2) is 13.6. The first-order valence-corrected chi connectivity index (χ1v) is 19.3. The van der Waals surface area contributed by atoms with Gasteiger partial charge in [-0.15, -0.1) is 0 Å². The minimum Gasteiger partial charge on any atom is -0.436 e. The monoisotopic (exact) mass is 729 g/mol. The first-order valence-electron chi connectivity index (χ1n) is 19.3. The highest BCUT2D eigenvalue weighted by Crippen LogP contribution is 2.42. The predicted molar refractivity (Wildman–Crippen MR) is 237 cm³/mol. The van der Waals surface area contributed by atoms with Crippen LogP contribution in [-0.2, 0) is 0 Å². The van der Waals surface area contributed by atoms with Gasteiger partial charge in [-0.3, -0.25) is 0 Å². The highest BCUT2D eigenvalue weighted by Gasteiger charge is 2.19. The van der Waals surface area contributed by atoms with E-state index in [0.717, 1.165) is 61.3 Å². The molecule has 0 aliphatic heterocycles. The summed E-state index contributed by atoms with van der Waals surface area (Å²) >= 11 is 0. The molecule has 0 fully saturated rings. The fraction of sp³-hybridized carbons (Fsp3) is 0. The molecule has 11 aromatic rings. The third kappa shape index (κ3) is 5.66. The molecule has 0 aliphatic carbocycles. The van der Waals surface area contributed by atoms with Crippen molar-refractivity contribution in [3.63, 3.8) is 0 Å². The Morgan fingerprint density at radius 3 is 1.75 bits per heavy atom. The second-order valence-corrected chi connectivity index (χ2v) is 14.4. The van der Waals surface area contributed by atoms with E-state index in [9.17, 15) is 0 Å². The summed E-state index contributed by atoms with van der Waals surface area (Å²) in [6, 6.07) is 75.2. The zero-order valence-electron chi connectivity index (χ0n) is 31.0. The first-order chi connectivity index (χ1) is 28.3. The maximum absolute atomic E-state index is 6.30. The largest absolute Gasteiger partial charge is 0.436 e. The van der Waals surface area contributed by atoms with E-state index in [1.165, 1.54) is 32.9 Å². The minimum absolute atomic E-state index is 0.626. The van der Waals surface area contributed by atoms with Crippen molar-refractivity contribution in [3.8, 4) is 39.4 Å². The lowest BCUT2D eigenvalue weighted by molar-refractivity contribution is 0.620. The smallest absolute Gasteiger partial charge is 0.227 e. The number of rotatable bonds is 7. The van der Waals surface area contributed by atoms with Crippen molar-refractivity contribution in [2.24, 2.45) is 0 Å². The molecule has 0 radical (unpaired) electrons. The van der Waals surface area contributed by atoms with Gasteiger partial charge in [-0.25, -0.2) is 4.98 Å². The Morgan fingerprint density at radius 1 is 0.421 bits per heavy atom. The molecule has 2 aromatic heterocycles. The molecule has 4 heteroatoms. The fourth-order valence-electron chi connectivity index (χ4n) is 8.33. The summed E-state index contributed by atoms with van der Waals surface area (Å²) in [5.74, 6) is 0.626. The van der Waals surface area contributed by atoms with Gasteiger partial charge in [0.1, 0.15) is 5.52 Å². The normalized spacial score (nSPS) is 11.5. The summed E-state index contributed by atoms with van der Waals surface area (Å²) in [4.78, 5) is 7.40. The minimum atomic E-state index is 0.626. The number of nitrogens with zero attached hydrogens (tertiary/aromatic N) is 3. The average Bonchev–Trinajstić information content (AvgIpc) is 3.88. The van der Waals surface area contributed by atoms with Gasteiger partial charge in [0.15, 0.2) is 5.58 Å². The first kappa shape index (κ1) is 32.7. The lowest BCUT2D eigenvalue weighted by Gasteiger charge is -2.26. The number of benzene rings is 9. The van der Waals surface area contributed by atoms with E-state index >= 15 is 0 Å². The summed E-state index contributed by atoms with van der Waals surface area (Å²) in [5, 5.41) is 4.64. The van der Waals surface area contributed by atoms with Gasteiger partial charge in [-0.2, -0.15) is 0 Å². The zero-order chi connectivity index (χ0) is 37.7. The van der Waals surface area contributed by atoms with Crippen LogP contribution in [0, 0.1) is 0 Å². The number of hydrogen-bond acceptors (Lipinski definition) is 3. The van der Waals surface area contributed by atoms with Gasteiger partial charge in [0.05, 0.1) is 11.0 Å². The molecule has 4 nitrogen and oxygen atoms in total. The molecule has 0 N–H and O–H groups in total. The van der Waals surface area contributed by atoms with E-state index in [0.29, 0.717) is 5.89 Å². The molecule has 2 heterocycles. The van der Waals surface area contributed by atoms with Crippen LogP contribution in [0.1, 0.15) is 0 Å². The van der Waals surface area contributed by atoms with Crippen LogP contribution in [0.5, 0.6) is 0 Å². The van der Waals surface area contributed by atoms with Gasteiger partial charge < -0.3 is 13.9 Å². The molecule has 0 saturated heterocycles. The standard InChI is InChI=1S/C53H35N3O/c1-4-13-36(14-5-1)37-23-28-42(29-24-37)55(44-32-33-49-47(35-44)46-20-10-11-22-48(46)56(49)41-18-8-3-9-19-41)43-30-25-38(26-31-43)45-21-12-17-39-27-34-50-52(51(39)45)54-53(57-50)40-15-6-2-7-16-40/h1-35H. The SMILES string of the molecule is c1ccc(-c2ccc(N(c3ccc(-c4cccc5ccc6oc(-c7ccccc7)nc6c45)cc3)c3ccc4c(c3)c3ccccc3n4-c3ccccc3)cc2)cc1. The van der Waals surface area contributed by atoms with Crippen molar-refractivity contribution in [1.82, 2.24) is 9.55 Å². The van der Waals surface area contributed by atoms with Crippen molar-refractivity contribution in [1.29, 1.82) is 0 Å². The lowest BCUT2D eigenvalue weighted by atomic mass is 9.97.